The minimum absolute atomic E-state index is 0.166. The molecule has 0 aliphatic rings. The molecule has 7 nitrogen and oxygen atoms in total. The van der Waals surface area contributed by atoms with Gasteiger partial charge in [0.25, 0.3) is 0 Å². The molecular weight excluding hydrogens is 330 g/mol. The molecule has 2 aromatic rings. The van der Waals surface area contributed by atoms with Crippen molar-refractivity contribution < 1.29 is 14.4 Å². The SMILES string of the molecule is COc1ccc(Oc2ccc([N+](=O)[O-])c(N)n2)c(Br)c1. The Bertz CT molecular complexity index is 663. The summed E-state index contributed by atoms with van der Waals surface area (Å²) in [5.74, 6) is 1.13. The third kappa shape index (κ3) is 2.97. The maximum Gasteiger partial charge on any atom is 0.311 e. The van der Waals surface area contributed by atoms with Crippen LogP contribution >= 0.6 is 15.9 Å². The lowest BCUT2D eigenvalue weighted by Crippen LogP contribution is -1.99. The first-order valence-corrected chi connectivity index (χ1v) is 6.23. The average molecular weight is 340 g/mol. The van der Waals surface area contributed by atoms with Crippen LogP contribution in [0.15, 0.2) is 34.8 Å². The summed E-state index contributed by atoms with van der Waals surface area (Å²) in [7, 11) is 1.56. The van der Waals surface area contributed by atoms with Gasteiger partial charge in [-0.1, -0.05) is 0 Å². The van der Waals surface area contributed by atoms with E-state index in [0.29, 0.717) is 16.0 Å². The van der Waals surface area contributed by atoms with E-state index in [4.69, 9.17) is 15.2 Å². The Morgan fingerprint density at radius 2 is 2.10 bits per heavy atom. The number of methoxy groups -OCH3 is 1. The number of nitrogens with two attached hydrogens (primary N) is 1. The summed E-state index contributed by atoms with van der Waals surface area (Å²) in [6, 6.07) is 7.75. The highest BCUT2D eigenvalue weighted by Gasteiger charge is 2.14. The number of aromatic nitrogens is 1. The number of nitrogen functional groups attached to an aromatic ring is 1. The highest BCUT2D eigenvalue weighted by molar-refractivity contribution is 9.10. The van der Waals surface area contributed by atoms with Crippen molar-refractivity contribution in [1.29, 1.82) is 0 Å². The van der Waals surface area contributed by atoms with Gasteiger partial charge >= 0.3 is 5.69 Å². The van der Waals surface area contributed by atoms with Gasteiger partial charge in [0.15, 0.2) is 0 Å². The zero-order valence-corrected chi connectivity index (χ0v) is 12.0. The predicted molar refractivity (Wildman–Crippen MR) is 76.1 cm³/mol. The van der Waals surface area contributed by atoms with Crippen molar-refractivity contribution in [3.8, 4) is 17.4 Å². The highest BCUT2D eigenvalue weighted by Crippen LogP contribution is 2.33. The van der Waals surface area contributed by atoms with E-state index in [0.717, 1.165) is 0 Å². The van der Waals surface area contributed by atoms with Gasteiger partial charge < -0.3 is 15.2 Å². The molecule has 0 fully saturated rings. The Kier molecular flexibility index (Phi) is 4.04. The van der Waals surface area contributed by atoms with Crippen LogP contribution in [0.2, 0.25) is 0 Å². The van der Waals surface area contributed by atoms with Gasteiger partial charge in [-0.05, 0) is 34.1 Å². The van der Waals surface area contributed by atoms with E-state index in [2.05, 4.69) is 20.9 Å². The molecule has 0 atom stereocenters. The van der Waals surface area contributed by atoms with Gasteiger partial charge in [0.1, 0.15) is 11.5 Å². The molecule has 1 aromatic heterocycles. The van der Waals surface area contributed by atoms with Crippen molar-refractivity contribution in [2.45, 2.75) is 0 Å². The summed E-state index contributed by atoms with van der Waals surface area (Å²) in [6.45, 7) is 0. The van der Waals surface area contributed by atoms with Gasteiger partial charge in [-0.2, -0.15) is 4.98 Å². The van der Waals surface area contributed by atoms with E-state index in [1.54, 1.807) is 25.3 Å². The molecule has 0 saturated heterocycles. The predicted octanol–water partition coefficient (Wildman–Crippen LogP) is 3.14. The lowest BCUT2D eigenvalue weighted by molar-refractivity contribution is -0.384. The summed E-state index contributed by atoms with van der Waals surface area (Å²) in [6.07, 6.45) is 0. The molecule has 0 amide bonds. The first-order chi connectivity index (χ1) is 9.51. The Balaban J connectivity index is 2.26. The quantitative estimate of drug-likeness (QED) is 0.678. The van der Waals surface area contributed by atoms with Crippen LogP contribution in [-0.4, -0.2) is 17.0 Å². The number of ether oxygens (including phenoxy) is 2. The van der Waals surface area contributed by atoms with E-state index in [1.807, 2.05) is 0 Å². The van der Waals surface area contributed by atoms with E-state index in [1.165, 1.54) is 12.1 Å². The van der Waals surface area contributed by atoms with Crippen molar-refractivity contribution in [2.24, 2.45) is 0 Å². The van der Waals surface area contributed by atoms with Crippen molar-refractivity contribution in [3.63, 3.8) is 0 Å². The number of nitrogens with zero attached hydrogens (tertiary/aromatic N) is 2. The van der Waals surface area contributed by atoms with E-state index in [-0.39, 0.29) is 17.4 Å². The number of halogens is 1. The van der Waals surface area contributed by atoms with E-state index < -0.39 is 4.92 Å². The molecule has 0 unspecified atom stereocenters. The van der Waals surface area contributed by atoms with Gasteiger partial charge in [-0.25, -0.2) is 0 Å². The van der Waals surface area contributed by atoms with Crippen molar-refractivity contribution in [3.05, 3.63) is 44.9 Å². The monoisotopic (exact) mass is 339 g/mol. The second-order valence-electron chi connectivity index (χ2n) is 3.71. The van der Waals surface area contributed by atoms with Gasteiger partial charge in [0.2, 0.25) is 11.7 Å². The topological polar surface area (TPSA) is 101 Å². The van der Waals surface area contributed by atoms with Crippen LogP contribution in [0.1, 0.15) is 0 Å². The summed E-state index contributed by atoms with van der Waals surface area (Å²) >= 11 is 3.33. The van der Waals surface area contributed by atoms with Crippen molar-refractivity contribution >= 4 is 27.4 Å². The van der Waals surface area contributed by atoms with Crippen LogP contribution in [0, 0.1) is 10.1 Å². The molecule has 0 aliphatic heterocycles. The highest BCUT2D eigenvalue weighted by atomic mass is 79.9. The summed E-state index contributed by atoms with van der Waals surface area (Å²) in [5.41, 5.74) is 5.24. The summed E-state index contributed by atoms with van der Waals surface area (Å²) < 4.78 is 11.2. The average Bonchev–Trinajstić information content (AvgIpc) is 2.40. The maximum absolute atomic E-state index is 10.6. The largest absolute Gasteiger partial charge is 0.497 e. The Morgan fingerprint density at radius 3 is 2.65 bits per heavy atom. The fraction of sp³-hybridized carbons (Fsp3) is 0.0833. The molecule has 104 valence electrons. The number of pyridine rings is 1. The first kappa shape index (κ1) is 14.1. The minimum atomic E-state index is -0.602. The number of hydrogen-bond acceptors (Lipinski definition) is 6. The number of hydrogen-bond donors (Lipinski definition) is 1. The lowest BCUT2D eigenvalue weighted by Gasteiger charge is -2.08. The number of rotatable bonds is 4. The van der Waals surface area contributed by atoms with Crippen molar-refractivity contribution in [2.75, 3.05) is 12.8 Å². The molecule has 0 bridgehead atoms. The first-order valence-electron chi connectivity index (χ1n) is 5.43. The molecule has 0 saturated carbocycles. The second-order valence-corrected chi connectivity index (χ2v) is 4.56. The normalized spacial score (nSPS) is 10.1. The number of benzene rings is 1. The van der Waals surface area contributed by atoms with E-state index in [9.17, 15) is 10.1 Å². The molecule has 2 rings (SSSR count). The van der Waals surface area contributed by atoms with Gasteiger partial charge in [-0.15, -0.1) is 0 Å². The fourth-order valence-electron chi connectivity index (χ4n) is 1.46. The molecule has 20 heavy (non-hydrogen) atoms. The zero-order valence-electron chi connectivity index (χ0n) is 10.4. The fourth-order valence-corrected chi connectivity index (χ4v) is 1.90. The van der Waals surface area contributed by atoms with Crippen LogP contribution in [0.25, 0.3) is 0 Å². The van der Waals surface area contributed by atoms with Crippen LogP contribution in [-0.2, 0) is 0 Å². The third-order valence-electron chi connectivity index (χ3n) is 2.43. The second kappa shape index (κ2) is 5.74. The molecule has 1 heterocycles. The smallest absolute Gasteiger partial charge is 0.311 e. The zero-order chi connectivity index (χ0) is 14.7. The number of nitro groups is 1. The number of anilines is 1. The summed E-state index contributed by atoms with van der Waals surface area (Å²) in [4.78, 5) is 13.9. The Labute approximate surface area is 122 Å². The third-order valence-corrected chi connectivity index (χ3v) is 3.05. The molecule has 0 spiro atoms. The molecule has 0 radical (unpaired) electrons. The van der Waals surface area contributed by atoms with Crippen LogP contribution in [0.5, 0.6) is 17.4 Å². The van der Waals surface area contributed by atoms with Gasteiger partial charge in [0.05, 0.1) is 16.5 Å². The molecule has 2 N–H and O–H groups in total. The molecule has 8 heteroatoms. The minimum Gasteiger partial charge on any atom is -0.497 e. The van der Waals surface area contributed by atoms with Gasteiger partial charge in [-0.3, -0.25) is 10.1 Å². The Morgan fingerprint density at radius 1 is 1.35 bits per heavy atom. The van der Waals surface area contributed by atoms with Crippen LogP contribution < -0.4 is 15.2 Å². The van der Waals surface area contributed by atoms with E-state index >= 15 is 0 Å². The maximum atomic E-state index is 10.6. The van der Waals surface area contributed by atoms with Gasteiger partial charge in [0, 0.05) is 12.1 Å². The standard InChI is InChI=1S/C12H10BrN3O4/c1-19-7-2-4-10(8(13)6-7)20-11-5-3-9(16(17)18)12(14)15-11/h2-6H,1H3,(H2,14,15). The molecule has 1 aromatic carbocycles. The lowest BCUT2D eigenvalue weighted by atomic mass is 10.3. The van der Waals surface area contributed by atoms with Crippen LogP contribution in [0.3, 0.4) is 0 Å². The van der Waals surface area contributed by atoms with Crippen LogP contribution in [0.4, 0.5) is 11.5 Å². The molecule has 0 aliphatic carbocycles. The summed E-state index contributed by atoms with van der Waals surface area (Å²) in [5, 5.41) is 10.6. The Hall–Kier alpha value is -2.35. The molecular formula is C12H10BrN3O4. The van der Waals surface area contributed by atoms with Crippen molar-refractivity contribution in [1.82, 2.24) is 4.98 Å².